The standard InChI is InChI=1S/C18H14F3N3O3/c1-26-17(25)13-6-8-22-15(10-13)24-16(7-9-23-24)27-11-12-2-4-14(5-3-12)18(19,20)21/h2-10H,11H2,1H3. The highest BCUT2D eigenvalue weighted by Crippen LogP contribution is 2.29. The molecule has 0 fully saturated rings. The Kier molecular flexibility index (Phi) is 5.11. The number of pyridine rings is 1. The molecule has 0 saturated heterocycles. The van der Waals surface area contributed by atoms with Gasteiger partial charge >= 0.3 is 12.1 Å². The van der Waals surface area contributed by atoms with Gasteiger partial charge in [-0.05, 0) is 29.8 Å². The molecule has 0 atom stereocenters. The number of carbonyl (C=O) groups excluding carboxylic acids is 1. The third kappa shape index (κ3) is 4.25. The molecule has 0 aliphatic rings. The number of methoxy groups -OCH3 is 1. The van der Waals surface area contributed by atoms with Crippen LogP contribution in [0.4, 0.5) is 13.2 Å². The summed E-state index contributed by atoms with van der Waals surface area (Å²) in [6.07, 6.45) is -1.47. The molecule has 1 aromatic carbocycles. The molecular formula is C18H14F3N3O3. The molecule has 2 aromatic heterocycles. The molecule has 3 rings (SSSR count). The summed E-state index contributed by atoms with van der Waals surface area (Å²) >= 11 is 0. The average molecular weight is 377 g/mol. The first-order valence-electron chi connectivity index (χ1n) is 7.76. The van der Waals surface area contributed by atoms with Crippen molar-refractivity contribution in [2.24, 2.45) is 0 Å². The molecule has 0 spiro atoms. The first-order chi connectivity index (χ1) is 12.9. The van der Waals surface area contributed by atoms with Gasteiger partial charge in [-0.15, -0.1) is 0 Å². The molecule has 9 heteroatoms. The third-order valence-corrected chi connectivity index (χ3v) is 3.66. The van der Waals surface area contributed by atoms with Crippen LogP contribution in [0.15, 0.2) is 54.9 Å². The summed E-state index contributed by atoms with van der Waals surface area (Å²) in [6.45, 7) is 0.0422. The zero-order chi connectivity index (χ0) is 19.4. The number of esters is 1. The van der Waals surface area contributed by atoms with Crippen molar-refractivity contribution in [3.8, 4) is 11.7 Å². The van der Waals surface area contributed by atoms with E-state index in [-0.39, 0.29) is 6.61 Å². The Balaban J connectivity index is 1.75. The number of halogens is 3. The van der Waals surface area contributed by atoms with Crippen molar-refractivity contribution in [1.29, 1.82) is 0 Å². The molecular weight excluding hydrogens is 363 g/mol. The monoisotopic (exact) mass is 377 g/mol. The van der Waals surface area contributed by atoms with E-state index in [4.69, 9.17) is 4.74 Å². The first-order valence-corrected chi connectivity index (χ1v) is 7.76. The topological polar surface area (TPSA) is 66.2 Å². The van der Waals surface area contributed by atoms with Crippen molar-refractivity contribution in [3.63, 3.8) is 0 Å². The predicted octanol–water partition coefficient (Wildman–Crippen LogP) is 3.65. The minimum atomic E-state index is -4.38. The normalized spacial score (nSPS) is 11.3. The molecule has 2 heterocycles. The number of benzene rings is 1. The summed E-state index contributed by atoms with van der Waals surface area (Å²) in [7, 11) is 1.27. The summed E-state index contributed by atoms with van der Waals surface area (Å²) < 4.78 is 49.5. The fraction of sp³-hybridized carbons (Fsp3) is 0.167. The molecule has 0 aliphatic heterocycles. The van der Waals surface area contributed by atoms with Crippen LogP contribution in [0, 0.1) is 0 Å². The van der Waals surface area contributed by atoms with Gasteiger partial charge in [0.1, 0.15) is 6.61 Å². The number of alkyl halides is 3. The lowest BCUT2D eigenvalue weighted by Gasteiger charge is -2.10. The van der Waals surface area contributed by atoms with E-state index in [9.17, 15) is 18.0 Å². The molecule has 3 aromatic rings. The van der Waals surface area contributed by atoms with Crippen LogP contribution in [-0.2, 0) is 17.5 Å². The Bertz CT molecular complexity index is 937. The maximum absolute atomic E-state index is 12.6. The average Bonchev–Trinajstić information content (AvgIpc) is 3.14. The number of hydrogen-bond acceptors (Lipinski definition) is 5. The maximum atomic E-state index is 12.6. The second-order valence-electron chi connectivity index (χ2n) is 5.46. The number of aromatic nitrogens is 3. The van der Waals surface area contributed by atoms with Crippen molar-refractivity contribution in [2.75, 3.05) is 7.11 Å². The molecule has 27 heavy (non-hydrogen) atoms. The van der Waals surface area contributed by atoms with Gasteiger partial charge in [0.2, 0.25) is 5.88 Å². The van der Waals surface area contributed by atoms with Crippen molar-refractivity contribution < 1.29 is 27.4 Å². The van der Waals surface area contributed by atoms with Gasteiger partial charge in [-0.3, -0.25) is 0 Å². The highest BCUT2D eigenvalue weighted by Gasteiger charge is 2.29. The van der Waals surface area contributed by atoms with E-state index >= 15 is 0 Å². The lowest BCUT2D eigenvalue weighted by atomic mass is 10.1. The van der Waals surface area contributed by atoms with E-state index in [2.05, 4.69) is 14.8 Å². The fourth-order valence-electron chi connectivity index (χ4n) is 2.30. The summed E-state index contributed by atoms with van der Waals surface area (Å²) in [4.78, 5) is 15.8. The van der Waals surface area contributed by atoms with Crippen LogP contribution in [0.5, 0.6) is 5.88 Å². The lowest BCUT2D eigenvalue weighted by molar-refractivity contribution is -0.137. The van der Waals surface area contributed by atoms with Crippen molar-refractivity contribution in [3.05, 3.63) is 71.5 Å². The molecule has 0 bridgehead atoms. The molecule has 140 valence electrons. The van der Waals surface area contributed by atoms with Crippen molar-refractivity contribution >= 4 is 5.97 Å². The van der Waals surface area contributed by atoms with Crippen LogP contribution in [0.3, 0.4) is 0 Å². The van der Waals surface area contributed by atoms with E-state index in [0.717, 1.165) is 12.1 Å². The Hall–Kier alpha value is -3.36. The Morgan fingerprint density at radius 1 is 1.11 bits per heavy atom. The van der Waals surface area contributed by atoms with Crippen LogP contribution in [-0.4, -0.2) is 27.8 Å². The molecule has 0 N–H and O–H groups in total. The van der Waals surface area contributed by atoms with Crippen LogP contribution >= 0.6 is 0 Å². The van der Waals surface area contributed by atoms with E-state index < -0.39 is 17.7 Å². The fourth-order valence-corrected chi connectivity index (χ4v) is 2.30. The van der Waals surface area contributed by atoms with E-state index in [0.29, 0.717) is 22.8 Å². The quantitative estimate of drug-likeness (QED) is 0.635. The molecule has 0 amide bonds. The zero-order valence-electron chi connectivity index (χ0n) is 14.1. The maximum Gasteiger partial charge on any atom is 0.416 e. The van der Waals surface area contributed by atoms with Gasteiger partial charge in [-0.25, -0.2) is 9.78 Å². The van der Waals surface area contributed by atoms with E-state index in [1.165, 1.54) is 48.5 Å². The minimum absolute atomic E-state index is 0.0422. The second-order valence-corrected chi connectivity index (χ2v) is 5.46. The summed E-state index contributed by atoms with van der Waals surface area (Å²) in [6, 6.07) is 9.26. The summed E-state index contributed by atoms with van der Waals surface area (Å²) in [5.74, 6) is 0.146. The number of rotatable bonds is 5. The molecule has 0 unspecified atom stereocenters. The SMILES string of the molecule is COC(=O)c1ccnc(-n2nccc2OCc2ccc(C(F)(F)F)cc2)c1. The van der Waals surface area contributed by atoms with Gasteiger partial charge in [0.05, 0.1) is 24.4 Å². The van der Waals surface area contributed by atoms with Crippen LogP contribution < -0.4 is 4.74 Å². The number of nitrogens with zero attached hydrogens (tertiary/aromatic N) is 3. The van der Waals surface area contributed by atoms with Gasteiger partial charge in [-0.2, -0.15) is 23.0 Å². The number of hydrogen-bond donors (Lipinski definition) is 0. The highest BCUT2D eigenvalue weighted by molar-refractivity contribution is 5.89. The summed E-state index contributed by atoms with van der Waals surface area (Å²) in [5.41, 5.74) is 0.138. The van der Waals surface area contributed by atoms with E-state index in [1.54, 1.807) is 6.07 Å². The molecule has 0 aliphatic carbocycles. The van der Waals surface area contributed by atoms with Gasteiger partial charge in [0.15, 0.2) is 5.82 Å². The van der Waals surface area contributed by atoms with Gasteiger partial charge < -0.3 is 9.47 Å². The largest absolute Gasteiger partial charge is 0.473 e. The van der Waals surface area contributed by atoms with Gasteiger partial charge in [0, 0.05) is 12.3 Å². The van der Waals surface area contributed by atoms with E-state index in [1.807, 2.05) is 0 Å². The zero-order valence-corrected chi connectivity index (χ0v) is 14.1. The minimum Gasteiger partial charge on any atom is -0.473 e. The predicted molar refractivity (Wildman–Crippen MR) is 88.5 cm³/mol. The Labute approximate surface area is 152 Å². The third-order valence-electron chi connectivity index (χ3n) is 3.66. The number of carbonyl (C=O) groups is 1. The molecule has 0 radical (unpaired) electrons. The van der Waals surface area contributed by atoms with Gasteiger partial charge in [0.25, 0.3) is 0 Å². The van der Waals surface area contributed by atoms with Crippen LogP contribution in [0.2, 0.25) is 0 Å². The summed E-state index contributed by atoms with van der Waals surface area (Å²) in [5, 5.41) is 4.10. The van der Waals surface area contributed by atoms with Crippen molar-refractivity contribution in [2.45, 2.75) is 12.8 Å². The first kappa shape index (κ1) is 18.4. The smallest absolute Gasteiger partial charge is 0.416 e. The van der Waals surface area contributed by atoms with Crippen molar-refractivity contribution in [1.82, 2.24) is 14.8 Å². The Morgan fingerprint density at radius 2 is 1.85 bits per heavy atom. The van der Waals surface area contributed by atoms with Crippen LogP contribution in [0.25, 0.3) is 5.82 Å². The van der Waals surface area contributed by atoms with Crippen LogP contribution in [0.1, 0.15) is 21.5 Å². The number of ether oxygens (including phenoxy) is 2. The highest BCUT2D eigenvalue weighted by atomic mass is 19.4. The van der Waals surface area contributed by atoms with Gasteiger partial charge in [-0.1, -0.05) is 12.1 Å². The lowest BCUT2D eigenvalue weighted by Crippen LogP contribution is -2.08. The Morgan fingerprint density at radius 3 is 2.52 bits per heavy atom. The molecule has 0 saturated carbocycles. The molecule has 6 nitrogen and oxygen atoms in total. The second kappa shape index (κ2) is 7.48.